The van der Waals surface area contributed by atoms with Gasteiger partial charge in [-0.3, -0.25) is 4.79 Å². The van der Waals surface area contributed by atoms with Gasteiger partial charge in [-0.2, -0.15) is 8.78 Å². The Hall–Kier alpha value is -2.96. The van der Waals surface area contributed by atoms with Crippen molar-refractivity contribution in [1.29, 1.82) is 0 Å². The van der Waals surface area contributed by atoms with Crippen molar-refractivity contribution in [3.05, 3.63) is 59.9 Å². The Bertz CT molecular complexity index is 908. The van der Waals surface area contributed by atoms with Crippen LogP contribution in [0.3, 0.4) is 0 Å². The number of carbonyl (C=O) groups excluding carboxylic acids is 1. The molecule has 1 unspecified atom stereocenters. The molecule has 0 saturated carbocycles. The number of fused-ring (bicyclic) bond motifs is 1. The summed E-state index contributed by atoms with van der Waals surface area (Å²) in [4.78, 5) is 22.5. The number of rotatable bonds is 4. The van der Waals surface area contributed by atoms with E-state index in [9.17, 15) is 13.6 Å². The molecule has 5 nitrogen and oxygen atoms in total. The maximum Gasteiger partial charge on any atom is 0.387 e. The smallest absolute Gasteiger partial charge is 0.387 e. The molecule has 7 heteroatoms. The van der Waals surface area contributed by atoms with Gasteiger partial charge >= 0.3 is 6.61 Å². The van der Waals surface area contributed by atoms with E-state index in [1.807, 2.05) is 24.3 Å². The molecule has 1 amide bonds. The van der Waals surface area contributed by atoms with Crippen LogP contribution in [0.5, 0.6) is 5.75 Å². The first-order chi connectivity index (χ1) is 12.6. The van der Waals surface area contributed by atoms with Gasteiger partial charge < -0.3 is 14.6 Å². The zero-order valence-electron chi connectivity index (χ0n) is 13.9. The molecule has 0 aliphatic carbocycles. The van der Waals surface area contributed by atoms with Gasteiger partial charge in [0.2, 0.25) is 0 Å². The van der Waals surface area contributed by atoms with Gasteiger partial charge in [0.15, 0.2) is 0 Å². The number of nitrogens with zero attached hydrogens (tertiary/aromatic N) is 2. The lowest BCUT2D eigenvalue weighted by atomic mass is 10.1. The van der Waals surface area contributed by atoms with E-state index in [1.165, 1.54) is 18.2 Å². The van der Waals surface area contributed by atoms with Gasteiger partial charge in [0.05, 0.1) is 17.1 Å². The molecule has 2 aromatic carbocycles. The number of ether oxygens (including phenoxy) is 1. The van der Waals surface area contributed by atoms with E-state index < -0.39 is 6.61 Å². The number of benzene rings is 2. The molecule has 1 aliphatic rings. The van der Waals surface area contributed by atoms with Gasteiger partial charge in [0.1, 0.15) is 11.6 Å². The van der Waals surface area contributed by atoms with Crippen molar-refractivity contribution in [2.24, 2.45) is 0 Å². The van der Waals surface area contributed by atoms with Gasteiger partial charge in [0, 0.05) is 12.1 Å². The Balaban J connectivity index is 1.60. The molecule has 1 aromatic heterocycles. The molecule has 2 heterocycles. The number of likely N-dealkylation sites (tertiary alicyclic amines) is 1. The van der Waals surface area contributed by atoms with Crippen LogP contribution in [-0.4, -0.2) is 33.9 Å². The molecule has 1 atom stereocenters. The number of alkyl halides is 2. The van der Waals surface area contributed by atoms with E-state index in [0.717, 1.165) is 29.7 Å². The highest BCUT2D eigenvalue weighted by Gasteiger charge is 2.32. The first-order valence-electron chi connectivity index (χ1n) is 8.42. The first-order valence-corrected chi connectivity index (χ1v) is 8.42. The third kappa shape index (κ3) is 3.12. The number of para-hydroxylation sites is 2. The lowest BCUT2D eigenvalue weighted by Crippen LogP contribution is -2.31. The van der Waals surface area contributed by atoms with Crippen molar-refractivity contribution in [3.8, 4) is 5.75 Å². The van der Waals surface area contributed by atoms with E-state index in [2.05, 4.69) is 14.7 Å². The predicted molar refractivity (Wildman–Crippen MR) is 92.2 cm³/mol. The number of aromatic amines is 1. The lowest BCUT2D eigenvalue weighted by Gasteiger charge is -2.23. The molecule has 3 aromatic rings. The molecule has 0 radical (unpaired) electrons. The minimum atomic E-state index is -2.92. The van der Waals surface area contributed by atoms with Crippen molar-refractivity contribution in [1.82, 2.24) is 14.9 Å². The fourth-order valence-corrected chi connectivity index (χ4v) is 3.40. The van der Waals surface area contributed by atoms with Crippen LogP contribution in [-0.2, 0) is 0 Å². The molecule has 26 heavy (non-hydrogen) atoms. The lowest BCUT2D eigenvalue weighted by molar-refractivity contribution is -0.0499. The van der Waals surface area contributed by atoms with E-state index in [1.54, 1.807) is 11.0 Å². The Morgan fingerprint density at radius 3 is 2.88 bits per heavy atom. The third-order valence-electron chi connectivity index (χ3n) is 4.54. The third-order valence-corrected chi connectivity index (χ3v) is 4.54. The van der Waals surface area contributed by atoms with Gasteiger partial charge in [-0.1, -0.05) is 18.2 Å². The van der Waals surface area contributed by atoms with E-state index in [-0.39, 0.29) is 17.7 Å². The summed E-state index contributed by atoms with van der Waals surface area (Å²) in [6.45, 7) is -2.32. The summed E-state index contributed by atoms with van der Waals surface area (Å²) in [5.74, 6) is 0.509. The van der Waals surface area contributed by atoms with Crippen molar-refractivity contribution >= 4 is 16.9 Å². The zero-order chi connectivity index (χ0) is 18.1. The first kappa shape index (κ1) is 16.5. The van der Waals surface area contributed by atoms with Crippen LogP contribution in [0.1, 0.15) is 35.1 Å². The molecule has 4 rings (SSSR count). The highest BCUT2D eigenvalue weighted by molar-refractivity contribution is 5.95. The molecular formula is C19H17F2N3O2. The second kappa shape index (κ2) is 6.74. The largest absolute Gasteiger partial charge is 0.435 e. The second-order valence-corrected chi connectivity index (χ2v) is 6.20. The quantitative estimate of drug-likeness (QED) is 0.763. The predicted octanol–water partition coefficient (Wildman–Crippen LogP) is 4.14. The molecule has 1 N–H and O–H groups in total. The molecule has 0 bridgehead atoms. The summed E-state index contributed by atoms with van der Waals surface area (Å²) < 4.78 is 29.2. The molecule has 134 valence electrons. The standard InChI is InChI=1S/C19H17F2N3O2/c20-19(21)26-13-6-3-5-12(11-13)18(25)24-10-4-9-16(24)17-22-14-7-1-2-8-15(14)23-17/h1-3,5-8,11,16,19H,4,9-10H2,(H,22,23). The van der Waals surface area contributed by atoms with Crippen LogP contribution in [0, 0.1) is 0 Å². The van der Waals surface area contributed by atoms with Crippen molar-refractivity contribution in [2.75, 3.05) is 6.54 Å². The minimum absolute atomic E-state index is 0.0228. The number of carbonyl (C=O) groups is 1. The molecule has 1 aliphatic heterocycles. The maximum absolute atomic E-state index is 12.9. The summed E-state index contributed by atoms with van der Waals surface area (Å²) in [6.07, 6.45) is 1.67. The van der Waals surface area contributed by atoms with Crippen LogP contribution >= 0.6 is 0 Å². The Morgan fingerprint density at radius 2 is 2.08 bits per heavy atom. The van der Waals surface area contributed by atoms with Crippen LogP contribution in [0.25, 0.3) is 11.0 Å². The fraction of sp³-hybridized carbons (Fsp3) is 0.263. The van der Waals surface area contributed by atoms with Crippen LogP contribution < -0.4 is 4.74 Å². The number of H-pyrrole nitrogens is 1. The maximum atomic E-state index is 12.9. The highest BCUT2D eigenvalue weighted by Crippen LogP contribution is 2.33. The van der Waals surface area contributed by atoms with Gasteiger partial charge in [-0.05, 0) is 43.2 Å². The number of imidazole rings is 1. The van der Waals surface area contributed by atoms with Crippen LogP contribution in [0.15, 0.2) is 48.5 Å². The Labute approximate surface area is 148 Å². The Morgan fingerprint density at radius 1 is 1.23 bits per heavy atom. The fourth-order valence-electron chi connectivity index (χ4n) is 3.40. The molecule has 0 spiro atoms. The molecule has 1 saturated heterocycles. The molecule has 1 fully saturated rings. The van der Waals surface area contributed by atoms with Crippen molar-refractivity contribution in [2.45, 2.75) is 25.5 Å². The summed E-state index contributed by atoms with van der Waals surface area (Å²) in [6, 6.07) is 13.4. The summed E-state index contributed by atoms with van der Waals surface area (Å²) in [5.41, 5.74) is 2.11. The van der Waals surface area contributed by atoms with E-state index >= 15 is 0 Å². The number of nitrogens with one attached hydrogen (secondary N) is 1. The second-order valence-electron chi connectivity index (χ2n) is 6.20. The minimum Gasteiger partial charge on any atom is -0.435 e. The number of amides is 1. The van der Waals surface area contributed by atoms with Gasteiger partial charge in [-0.15, -0.1) is 0 Å². The van der Waals surface area contributed by atoms with Crippen molar-refractivity contribution in [3.63, 3.8) is 0 Å². The zero-order valence-corrected chi connectivity index (χ0v) is 13.9. The van der Waals surface area contributed by atoms with Crippen LogP contribution in [0.2, 0.25) is 0 Å². The highest BCUT2D eigenvalue weighted by atomic mass is 19.3. The van der Waals surface area contributed by atoms with E-state index in [4.69, 9.17) is 0 Å². The average molecular weight is 357 g/mol. The van der Waals surface area contributed by atoms with Gasteiger partial charge in [-0.25, -0.2) is 4.98 Å². The normalized spacial score (nSPS) is 17.2. The van der Waals surface area contributed by atoms with Crippen LogP contribution in [0.4, 0.5) is 8.78 Å². The SMILES string of the molecule is O=C(c1cccc(OC(F)F)c1)N1CCCC1c1nc2ccccc2[nH]1. The Kier molecular flexibility index (Phi) is 4.28. The summed E-state index contributed by atoms with van der Waals surface area (Å²) in [7, 11) is 0. The summed E-state index contributed by atoms with van der Waals surface area (Å²) in [5, 5.41) is 0. The molecular weight excluding hydrogens is 340 g/mol. The number of hydrogen-bond acceptors (Lipinski definition) is 3. The number of halogens is 2. The monoisotopic (exact) mass is 357 g/mol. The number of aromatic nitrogens is 2. The summed E-state index contributed by atoms with van der Waals surface area (Å²) >= 11 is 0. The number of hydrogen-bond donors (Lipinski definition) is 1. The topological polar surface area (TPSA) is 58.2 Å². The van der Waals surface area contributed by atoms with Crippen molar-refractivity contribution < 1.29 is 18.3 Å². The average Bonchev–Trinajstić information content (AvgIpc) is 3.27. The van der Waals surface area contributed by atoms with Gasteiger partial charge in [0.25, 0.3) is 5.91 Å². The van der Waals surface area contributed by atoms with E-state index in [0.29, 0.717) is 12.1 Å².